The van der Waals surface area contributed by atoms with Gasteiger partial charge in [-0.2, -0.15) is 4.98 Å². The van der Waals surface area contributed by atoms with E-state index in [-0.39, 0.29) is 34.0 Å². The van der Waals surface area contributed by atoms with Crippen LogP contribution < -0.4 is 5.56 Å². The fraction of sp³-hybridized carbons (Fsp3) is 0.200. The molecule has 0 bridgehead atoms. The lowest BCUT2D eigenvalue weighted by atomic mass is 10.2. The number of hydrogen-bond acceptors (Lipinski definition) is 6. The Morgan fingerprint density at radius 3 is 2.76 bits per heavy atom. The van der Waals surface area contributed by atoms with Crippen molar-refractivity contribution in [3.05, 3.63) is 70.3 Å². The third-order valence-corrected chi connectivity index (χ3v) is 5.20. The molecule has 4 aromatic rings. The molecule has 0 atom stereocenters. The highest BCUT2D eigenvalue weighted by molar-refractivity contribution is 7.98. The van der Waals surface area contributed by atoms with Crippen molar-refractivity contribution in [1.29, 1.82) is 0 Å². The Morgan fingerprint density at radius 2 is 1.97 bits per heavy atom. The van der Waals surface area contributed by atoms with Gasteiger partial charge < -0.3 is 4.52 Å². The van der Waals surface area contributed by atoms with Crippen LogP contribution in [0.4, 0.5) is 8.78 Å². The summed E-state index contributed by atoms with van der Waals surface area (Å²) in [5, 5.41) is 4.54. The van der Waals surface area contributed by atoms with E-state index in [1.54, 1.807) is 18.2 Å². The van der Waals surface area contributed by atoms with Crippen molar-refractivity contribution in [2.75, 3.05) is 0 Å². The van der Waals surface area contributed by atoms with Crippen LogP contribution in [0.25, 0.3) is 22.3 Å². The molecule has 6 nitrogen and oxygen atoms in total. The average Bonchev–Trinajstić information content (AvgIpc) is 3.18. The fourth-order valence-corrected chi connectivity index (χ4v) is 3.76. The Morgan fingerprint density at radius 1 is 1.14 bits per heavy atom. The van der Waals surface area contributed by atoms with Crippen molar-refractivity contribution < 1.29 is 13.3 Å². The molecule has 9 heteroatoms. The van der Waals surface area contributed by atoms with Crippen LogP contribution in [0.5, 0.6) is 0 Å². The third-order valence-electron chi connectivity index (χ3n) is 4.24. The molecule has 0 fully saturated rings. The highest BCUT2D eigenvalue weighted by Gasteiger charge is 2.16. The van der Waals surface area contributed by atoms with Crippen LogP contribution in [-0.2, 0) is 12.3 Å². The topological polar surface area (TPSA) is 73.8 Å². The van der Waals surface area contributed by atoms with Gasteiger partial charge in [0.05, 0.1) is 22.2 Å². The molecule has 0 saturated carbocycles. The molecule has 4 rings (SSSR count). The Kier molecular flexibility index (Phi) is 5.39. The molecule has 2 heterocycles. The van der Waals surface area contributed by atoms with Gasteiger partial charge in [0, 0.05) is 6.54 Å². The SMILES string of the molecule is CCCn1c(SCc2nc(-c3ccccc3F)no2)nc2ccc(F)cc2c1=O. The van der Waals surface area contributed by atoms with Crippen molar-refractivity contribution in [2.24, 2.45) is 0 Å². The largest absolute Gasteiger partial charge is 0.338 e. The van der Waals surface area contributed by atoms with Gasteiger partial charge in [0.25, 0.3) is 5.56 Å². The van der Waals surface area contributed by atoms with Crippen LogP contribution in [0, 0.1) is 11.6 Å². The van der Waals surface area contributed by atoms with Crippen molar-refractivity contribution in [3.63, 3.8) is 0 Å². The van der Waals surface area contributed by atoms with E-state index < -0.39 is 11.6 Å². The number of benzene rings is 2. The van der Waals surface area contributed by atoms with Crippen molar-refractivity contribution >= 4 is 22.7 Å². The van der Waals surface area contributed by atoms with Gasteiger partial charge in [-0.15, -0.1) is 0 Å². The number of hydrogen-bond donors (Lipinski definition) is 0. The van der Waals surface area contributed by atoms with E-state index in [4.69, 9.17) is 4.52 Å². The Hall–Kier alpha value is -3.07. The van der Waals surface area contributed by atoms with E-state index in [1.165, 1.54) is 40.6 Å². The summed E-state index contributed by atoms with van der Waals surface area (Å²) in [7, 11) is 0. The van der Waals surface area contributed by atoms with E-state index in [0.29, 0.717) is 23.6 Å². The maximum Gasteiger partial charge on any atom is 0.262 e. The average molecular weight is 414 g/mol. The summed E-state index contributed by atoms with van der Waals surface area (Å²) in [5.41, 5.74) is 0.376. The Bertz CT molecular complexity index is 1240. The quantitative estimate of drug-likeness (QED) is 0.343. The van der Waals surface area contributed by atoms with Crippen LogP contribution in [0.3, 0.4) is 0 Å². The van der Waals surface area contributed by atoms with Gasteiger partial charge in [-0.3, -0.25) is 9.36 Å². The normalized spacial score (nSPS) is 11.3. The minimum absolute atomic E-state index is 0.159. The lowest BCUT2D eigenvalue weighted by Crippen LogP contribution is -2.23. The summed E-state index contributed by atoms with van der Waals surface area (Å²) in [4.78, 5) is 21.5. The van der Waals surface area contributed by atoms with Gasteiger partial charge in [-0.1, -0.05) is 36.0 Å². The highest BCUT2D eigenvalue weighted by Crippen LogP contribution is 2.24. The zero-order chi connectivity index (χ0) is 20.4. The zero-order valence-electron chi connectivity index (χ0n) is 15.4. The molecule has 0 N–H and O–H groups in total. The molecule has 0 saturated heterocycles. The second-order valence-corrected chi connectivity index (χ2v) is 7.24. The standard InChI is InChI=1S/C20H16F2N4O2S/c1-2-9-26-19(27)14-10-12(21)7-8-16(14)23-20(26)29-11-17-24-18(25-28-17)13-5-3-4-6-15(13)22/h3-8,10H,2,9,11H2,1H3. The smallest absolute Gasteiger partial charge is 0.262 e. The number of fused-ring (bicyclic) bond motifs is 1. The maximum atomic E-state index is 13.9. The van der Waals surface area contributed by atoms with Crippen LogP contribution in [0.1, 0.15) is 19.2 Å². The molecule has 0 aliphatic carbocycles. The number of thioether (sulfide) groups is 1. The first kappa shape index (κ1) is 19.3. The first-order valence-corrected chi connectivity index (χ1v) is 9.95. The van der Waals surface area contributed by atoms with Gasteiger partial charge in [-0.05, 0) is 36.8 Å². The summed E-state index contributed by atoms with van der Waals surface area (Å²) in [6, 6.07) is 10.1. The Balaban J connectivity index is 1.63. The van der Waals surface area contributed by atoms with Crippen molar-refractivity contribution in [2.45, 2.75) is 30.8 Å². The lowest BCUT2D eigenvalue weighted by Gasteiger charge is -2.11. The summed E-state index contributed by atoms with van der Waals surface area (Å²) in [6.07, 6.45) is 0.716. The molecule has 0 aliphatic heterocycles. The molecule has 0 radical (unpaired) electrons. The minimum Gasteiger partial charge on any atom is -0.338 e. The van der Waals surface area contributed by atoms with Gasteiger partial charge in [0.1, 0.15) is 11.6 Å². The molecule has 0 aliphatic rings. The number of halogens is 2. The predicted molar refractivity (Wildman–Crippen MR) is 106 cm³/mol. The van der Waals surface area contributed by atoms with E-state index in [2.05, 4.69) is 15.1 Å². The number of aromatic nitrogens is 4. The van der Waals surface area contributed by atoms with E-state index >= 15 is 0 Å². The molecular formula is C20H16F2N4O2S. The molecule has 29 heavy (non-hydrogen) atoms. The molecule has 0 unspecified atom stereocenters. The molecular weight excluding hydrogens is 398 g/mol. The molecule has 148 valence electrons. The molecule has 2 aromatic carbocycles. The molecule has 0 amide bonds. The van der Waals surface area contributed by atoms with Gasteiger partial charge >= 0.3 is 0 Å². The predicted octanol–water partition coefficient (Wildman–Crippen LogP) is 4.43. The third kappa shape index (κ3) is 3.91. The number of nitrogens with zero attached hydrogens (tertiary/aromatic N) is 4. The van der Waals surface area contributed by atoms with Crippen LogP contribution in [0.2, 0.25) is 0 Å². The first-order valence-electron chi connectivity index (χ1n) is 8.97. The van der Waals surface area contributed by atoms with E-state index in [0.717, 1.165) is 0 Å². The van der Waals surface area contributed by atoms with Crippen LogP contribution in [-0.4, -0.2) is 19.7 Å². The second-order valence-electron chi connectivity index (χ2n) is 6.29. The summed E-state index contributed by atoms with van der Waals surface area (Å²) in [6.45, 7) is 2.39. The van der Waals surface area contributed by atoms with Gasteiger partial charge in [0.2, 0.25) is 11.7 Å². The first-order chi connectivity index (χ1) is 14.1. The summed E-state index contributed by atoms with van der Waals surface area (Å²) in [5.74, 6) is -0.222. The highest BCUT2D eigenvalue weighted by atomic mass is 32.2. The van der Waals surface area contributed by atoms with Gasteiger partial charge in [0.15, 0.2) is 5.16 Å². The van der Waals surface area contributed by atoms with Crippen LogP contribution >= 0.6 is 11.8 Å². The van der Waals surface area contributed by atoms with E-state index in [1.807, 2.05) is 6.92 Å². The van der Waals surface area contributed by atoms with Crippen molar-refractivity contribution in [1.82, 2.24) is 19.7 Å². The van der Waals surface area contributed by atoms with Crippen molar-refractivity contribution in [3.8, 4) is 11.4 Å². The molecule has 0 spiro atoms. The number of rotatable bonds is 6. The minimum atomic E-state index is -0.480. The zero-order valence-corrected chi connectivity index (χ0v) is 16.2. The maximum absolute atomic E-state index is 13.9. The van der Waals surface area contributed by atoms with Gasteiger partial charge in [-0.25, -0.2) is 13.8 Å². The summed E-state index contributed by atoms with van der Waals surface area (Å²) < 4.78 is 34.2. The summed E-state index contributed by atoms with van der Waals surface area (Å²) >= 11 is 1.25. The van der Waals surface area contributed by atoms with Crippen LogP contribution in [0.15, 0.2) is 56.9 Å². The fourth-order valence-electron chi connectivity index (χ4n) is 2.90. The second kappa shape index (κ2) is 8.12. The van der Waals surface area contributed by atoms with E-state index in [9.17, 15) is 13.6 Å². The lowest BCUT2D eigenvalue weighted by molar-refractivity contribution is 0.391. The monoisotopic (exact) mass is 414 g/mol. The Labute approximate surface area is 168 Å². The molecule has 2 aromatic heterocycles.